The number of hydrogen-bond donors (Lipinski definition) is 1. The van der Waals surface area contributed by atoms with Crippen LogP contribution in [0, 0.1) is 6.92 Å². The van der Waals surface area contributed by atoms with E-state index in [1.807, 2.05) is 38.2 Å². The van der Waals surface area contributed by atoms with Gasteiger partial charge in [0, 0.05) is 22.4 Å². The summed E-state index contributed by atoms with van der Waals surface area (Å²) in [4.78, 5) is 19.8. The minimum absolute atomic E-state index is 0.00237. The van der Waals surface area contributed by atoms with Crippen LogP contribution in [0.15, 0.2) is 24.3 Å². The molecule has 1 heterocycles. The molecule has 2 aromatic rings. The number of thiazole rings is 1. The van der Waals surface area contributed by atoms with Gasteiger partial charge >= 0.3 is 0 Å². The molecule has 1 N–H and O–H groups in total. The van der Waals surface area contributed by atoms with Crippen molar-refractivity contribution < 1.29 is 4.79 Å². The van der Waals surface area contributed by atoms with E-state index < -0.39 is 0 Å². The highest BCUT2D eigenvalue weighted by Gasteiger charge is 2.27. The Bertz CT molecular complexity index is 712. The van der Waals surface area contributed by atoms with Crippen LogP contribution in [0.3, 0.4) is 0 Å². The fourth-order valence-electron chi connectivity index (χ4n) is 2.49. The molecule has 1 saturated carbocycles. The Morgan fingerprint density at radius 2 is 2.17 bits per heavy atom. The lowest BCUT2D eigenvalue weighted by atomic mass is 10.1. The van der Waals surface area contributed by atoms with E-state index in [-0.39, 0.29) is 5.91 Å². The Morgan fingerprint density at radius 1 is 1.43 bits per heavy atom. The van der Waals surface area contributed by atoms with Gasteiger partial charge in [-0.1, -0.05) is 29.8 Å². The number of hydrogen-bond acceptors (Lipinski definition) is 4. The van der Waals surface area contributed by atoms with Gasteiger partial charge < -0.3 is 5.32 Å². The van der Waals surface area contributed by atoms with Crippen molar-refractivity contribution in [2.75, 3.05) is 18.9 Å². The lowest BCUT2D eigenvalue weighted by Gasteiger charge is -2.13. The molecular weight excluding hydrogens is 330 g/mol. The highest BCUT2D eigenvalue weighted by Crippen LogP contribution is 2.28. The molecule has 23 heavy (non-hydrogen) atoms. The number of rotatable bonds is 6. The molecule has 0 atom stereocenters. The van der Waals surface area contributed by atoms with Gasteiger partial charge in [0.1, 0.15) is 0 Å². The maximum Gasteiger partial charge on any atom is 0.240 e. The van der Waals surface area contributed by atoms with Crippen molar-refractivity contribution >= 4 is 34.0 Å². The number of carbonyl (C=O) groups excluding carboxylic acids is 1. The quantitative estimate of drug-likeness (QED) is 0.864. The molecule has 0 radical (unpaired) electrons. The molecule has 1 aromatic heterocycles. The summed E-state index contributed by atoms with van der Waals surface area (Å²) in [6, 6.07) is 8.39. The fraction of sp³-hybridized carbons (Fsp3) is 0.412. The average Bonchev–Trinajstić information content (AvgIpc) is 3.28. The molecule has 4 nitrogen and oxygen atoms in total. The first-order valence-corrected chi connectivity index (χ1v) is 8.92. The summed E-state index contributed by atoms with van der Waals surface area (Å²) in [6.45, 7) is 2.39. The van der Waals surface area contributed by atoms with Crippen LogP contribution >= 0.6 is 22.9 Å². The average molecular weight is 350 g/mol. The van der Waals surface area contributed by atoms with Gasteiger partial charge in [-0.3, -0.25) is 9.69 Å². The van der Waals surface area contributed by atoms with E-state index in [0.717, 1.165) is 27.6 Å². The molecule has 1 aliphatic rings. The normalized spacial score (nSPS) is 14.3. The Labute approximate surface area is 145 Å². The molecule has 1 aromatic carbocycles. The van der Waals surface area contributed by atoms with Crippen molar-refractivity contribution in [3.05, 3.63) is 45.4 Å². The number of benzene rings is 1. The lowest BCUT2D eigenvalue weighted by Crippen LogP contribution is -2.31. The zero-order chi connectivity index (χ0) is 16.4. The first kappa shape index (κ1) is 16.4. The van der Waals surface area contributed by atoms with Crippen molar-refractivity contribution in [3.63, 3.8) is 0 Å². The minimum Gasteiger partial charge on any atom is -0.301 e. The van der Waals surface area contributed by atoms with E-state index in [0.29, 0.717) is 17.7 Å². The Hall–Kier alpha value is -1.43. The summed E-state index contributed by atoms with van der Waals surface area (Å²) in [6.07, 6.45) is 3.13. The Kier molecular flexibility index (Phi) is 4.99. The molecular formula is C17H20ClN3OS. The van der Waals surface area contributed by atoms with Crippen molar-refractivity contribution in [2.24, 2.45) is 0 Å². The molecule has 1 aliphatic carbocycles. The third-order valence-corrected chi connectivity index (χ3v) is 5.45. The maximum atomic E-state index is 12.1. The summed E-state index contributed by atoms with van der Waals surface area (Å²) < 4.78 is 0. The smallest absolute Gasteiger partial charge is 0.240 e. The third-order valence-electron chi connectivity index (χ3n) is 4.01. The number of nitrogens with zero attached hydrogens (tertiary/aromatic N) is 2. The molecule has 0 saturated heterocycles. The Balaban J connectivity index is 1.63. The van der Waals surface area contributed by atoms with E-state index in [1.165, 1.54) is 24.2 Å². The Morgan fingerprint density at radius 3 is 2.87 bits per heavy atom. The number of amides is 1. The third kappa shape index (κ3) is 4.31. The first-order valence-electron chi connectivity index (χ1n) is 7.72. The monoisotopic (exact) mass is 349 g/mol. The summed E-state index contributed by atoms with van der Waals surface area (Å²) >= 11 is 7.74. The highest BCUT2D eigenvalue weighted by atomic mass is 35.5. The highest BCUT2D eigenvalue weighted by molar-refractivity contribution is 7.15. The van der Waals surface area contributed by atoms with Crippen LogP contribution in [-0.4, -0.2) is 35.4 Å². The largest absolute Gasteiger partial charge is 0.301 e. The van der Waals surface area contributed by atoms with Crippen LogP contribution in [0.1, 0.15) is 29.0 Å². The number of aromatic nitrogens is 1. The van der Waals surface area contributed by atoms with Crippen LogP contribution in [0.25, 0.3) is 0 Å². The van der Waals surface area contributed by atoms with Crippen LogP contribution in [0.4, 0.5) is 5.13 Å². The summed E-state index contributed by atoms with van der Waals surface area (Å²) in [5.41, 5.74) is 2.02. The number of carbonyl (C=O) groups is 1. The zero-order valence-electron chi connectivity index (χ0n) is 13.3. The maximum absolute atomic E-state index is 12.1. The standard InChI is InChI=1S/C17H20ClN3OS/c1-11-15(9-12-5-3-4-6-14(12)18)23-17(19-11)20-16(22)10-21(2)13-7-8-13/h3-6,13H,7-10H2,1-2H3,(H,19,20,22). The predicted octanol–water partition coefficient (Wildman–Crippen LogP) is 3.73. The van der Waals surface area contributed by atoms with E-state index in [2.05, 4.69) is 15.2 Å². The number of likely N-dealkylation sites (N-methyl/N-ethyl adjacent to an activating group) is 1. The molecule has 0 unspecified atom stereocenters. The van der Waals surface area contributed by atoms with Crippen LogP contribution < -0.4 is 5.32 Å². The molecule has 0 bridgehead atoms. The van der Waals surface area contributed by atoms with Gasteiger partial charge in [0.25, 0.3) is 0 Å². The minimum atomic E-state index is -0.00237. The van der Waals surface area contributed by atoms with Crippen molar-refractivity contribution in [3.8, 4) is 0 Å². The van der Waals surface area contributed by atoms with Crippen LogP contribution in [0.5, 0.6) is 0 Å². The van der Waals surface area contributed by atoms with Gasteiger partial charge in [0.15, 0.2) is 5.13 Å². The molecule has 0 spiro atoms. The van der Waals surface area contributed by atoms with Crippen LogP contribution in [-0.2, 0) is 11.2 Å². The molecule has 3 rings (SSSR count). The topological polar surface area (TPSA) is 45.2 Å². The summed E-state index contributed by atoms with van der Waals surface area (Å²) in [5.74, 6) is -0.00237. The van der Waals surface area contributed by atoms with Crippen molar-refractivity contribution in [1.82, 2.24) is 9.88 Å². The SMILES string of the molecule is Cc1nc(NC(=O)CN(C)C2CC2)sc1Cc1ccccc1Cl. The number of aryl methyl sites for hydroxylation is 1. The van der Waals surface area contributed by atoms with E-state index in [9.17, 15) is 4.79 Å². The summed E-state index contributed by atoms with van der Waals surface area (Å²) in [5, 5.41) is 4.34. The summed E-state index contributed by atoms with van der Waals surface area (Å²) in [7, 11) is 1.99. The lowest BCUT2D eigenvalue weighted by molar-refractivity contribution is -0.117. The van der Waals surface area contributed by atoms with Gasteiger partial charge in [-0.05, 0) is 38.4 Å². The van der Waals surface area contributed by atoms with Gasteiger partial charge in [0.05, 0.1) is 12.2 Å². The number of anilines is 1. The zero-order valence-corrected chi connectivity index (χ0v) is 14.9. The first-order chi connectivity index (χ1) is 11.0. The van der Waals surface area contributed by atoms with Gasteiger partial charge in [-0.15, -0.1) is 11.3 Å². The second kappa shape index (κ2) is 6.99. The second-order valence-electron chi connectivity index (χ2n) is 5.99. The van der Waals surface area contributed by atoms with Crippen molar-refractivity contribution in [1.29, 1.82) is 0 Å². The second-order valence-corrected chi connectivity index (χ2v) is 7.48. The molecule has 1 amide bonds. The van der Waals surface area contributed by atoms with Crippen molar-refractivity contribution in [2.45, 2.75) is 32.2 Å². The van der Waals surface area contributed by atoms with E-state index in [4.69, 9.17) is 11.6 Å². The van der Waals surface area contributed by atoms with Gasteiger partial charge in [0.2, 0.25) is 5.91 Å². The van der Waals surface area contributed by atoms with Crippen LogP contribution in [0.2, 0.25) is 5.02 Å². The van der Waals surface area contributed by atoms with E-state index in [1.54, 1.807) is 0 Å². The van der Waals surface area contributed by atoms with E-state index >= 15 is 0 Å². The molecule has 122 valence electrons. The molecule has 1 fully saturated rings. The molecule has 0 aliphatic heterocycles. The fourth-order valence-corrected chi connectivity index (χ4v) is 3.69. The van der Waals surface area contributed by atoms with Gasteiger partial charge in [-0.25, -0.2) is 4.98 Å². The number of halogens is 1. The predicted molar refractivity (Wildman–Crippen MR) is 95.4 cm³/mol. The number of nitrogens with one attached hydrogen (secondary N) is 1. The van der Waals surface area contributed by atoms with Gasteiger partial charge in [-0.2, -0.15) is 0 Å². The molecule has 6 heteroatoms.